The minimum absolute atomic E-state index is 0.240. The van der Waals surface area contributed by atoms with Gasteiger partial charge in [0.05, 0.1) is 16.9 Å². The van der Waals surface area contributed by atoms with Crippen LogP contribution >= 0.6 is 0 Å². The number of anilines is 4. The summed E-state index contributed by atoms with van der Waals surface area (Å²) in [5.74, 6) is 0.767. The zero-order valence-electron chi connectivity index (χ0n) is 17.9. The zero-order chi connectivity index (χ0) is 22.1. The van der Waals surface area contributed by atoms with E-state index in [0.29, 0.717) is 28.3 Å². The normalized spacial score (nSPS) is 14.9. The number of benzene rings is 3. The number of carbonyl (C=O) groups is 1. The number of nitrogen functional groups attached to an aromatic ring is 2. The third-order valence-corrected chi connectivity index (χ3v) is 6.05. The van der Waals surface area contributed by atoms with Crippen LogP contribution in [0.4, 0.5) is 22.7 Å². The van der Waals surface area contributed by atoms with Gasteiger partial charge in [-0.3, -0.25) is 0 Å². The van der Waals surface area contributed by atoms with E-state index >= 15 is 0 Å². The van der Waals surface area contributed by atoms with Crippen LogP contribution in [0.1, 0.15) is 27.0 Å². The highest BCUT2D eigenvalue weighted by Crippen LogP contribution is 2.58. The molecular weight excluding hydrogens is 392 g/mol. The van der Waals surface area contributed by atoms with Crippen molar-refractivity contribution in [2.45, 2.75) is 5.60 Å². The minimum atomic E-state index is -1.16. The molecule has 0 amide bonds. The van der Waals surface area contributed by atoms with E-state index in [1.807, 2.05) is 80.5 Å². The van der Waals surface area contributed by atoms with E-state index in [-0.39, 0.29) is 5.69 Å². The molecule has 5 rings (SSSR count). The molecule has 2 aliphatic heterocycles. The number of fused-ring (bicyclic) bond motifs is 6. The summed E-state index contributed by atoms with van der Waals surface area (Å²) >= 11 is 0. The van der Waals surface area contributed by atoms with E-state index in [0.717, 1.165) is 22.5 Å². The van der Waals surface area contributed by atoms with E-state index in [1.54, 1.807) is 6.07 Å². The van der Waals surface area contributed by atoms with Gasteiger partial charge in [0, 0.05) is 68.4 Å². The number of rotatable bonds is 2. The van der Waals surface area contributed by atoms with Crippen LogP contribution in [0.25, 0.3) is 0 Å². The Balaban J connectivity index is 1.86. The maximum absolute atomic E-state index is 13.1. The van der Waals surface area contributed by atoms with Gasteiger partial charge in [0.25, 0.3) is 0 Å². The monoisotopic (exact) mass is 416 g/mol. The number of esters is 1. The average molecular weight is 416 g/mol. The lowest BCUT2D eigenvalue weighted by atomic mass is 9.77. The second-order valence-electron chi connectivity index (χ2n) is 8.31. The van der Waals surface area contributed by atoms with Crippen LogP contribution in [-0.4, -0.2) is 34.2 Å². The van der Waals surface area contributed by atoms with Gasteiger partial charge in [0.15, 0.2) is 5.60 Å². The number of carbonyl (C=O) groups excluding carboxylic acids is 1. The van der Waals surface area contributed by atoms with Gasteiger partial charge in [0.1, 0.15) is 11.5 Å². The molecule has 0 aromatic heterocycles. The summed E-state index contributed by atoms with van der Waals surface area (Å²) in [4.78, 5) is 17.1. The fourth-order valence-electron chi connectivity index (χ4n) is 4.39. The molecule has 3 aromatic rings. The lowest BCUT2D eigenvalue weighted by Crippen LogP contribution is -2.33. The van der Waals surface area contributed by atoms with Crippen molar-refractivity contribution in [2.24, 2.45) is 0 Å². The second kappa shape index (κ2) is 6.31. The Labute approximate surface area is 180 Å². The van der Waals surface area contributed by atoms with Crippen LogP contribution in [0.3, 0.4) is 0 Å². The van der Waals surface area contributed by atoms with Gasteiger partial charge in [-0.1, -0.05) is 6.07 Å². The predicted octanol–water partition coefficient (Wildman–Crippen LogP) is 3.55. The van der Waals surface area contributed by atoms with Crippen molar-refractivity contribution < 1.29 is 14.3 Å². The van der Waals surface area contributed by atoms with Gasteiger partial charge in [-0.05, 0) is 30.3 Å². The fourth-order valence-corrected chi connectivity index (χ4v) is 4.39. The maximum Gasteiger partial charge on any atom is 0.342 e. The van der Waals surface area contributed by atoms with Gasteiger partial charge >= 0.3 is 5.97 Å². The van der Waals surface area contributed by atoms with Crippen molar-refractivity contribution in [1.82, 2.24) is 0 Å². The van der Waals surface area contributed by atoms with Crippen molar-refractivity contribution in [3.8, 4) is 11.5 Å². The van der Waals surface area contributed by atoms with Crippen molar-refractivity contribution in [3.05, 3.63) is 70.8 Å². The van der Waals surface area contributed by atoms with E-state index in [1.165, 1.54) is 0 Å². The molecule has 0 aliphatic carbocycles. The first kappa shape index (κ1) is 19.1. The first-order valence-corrected chi connectivity index (χ1v) is 9.97. The summed E-state index contributed by atoms with van der Waals surface area (Å²) in [5.41, 5.74) is 16.1. The molecule has 31 heavy (non-hydrogen) atoms. The van der Waals surface area contributed by atoms with E-state index < -0.39 is 11.6 Å². The molecule has 0 saturated carbocycles. The molecular formula is C24H24N4O3. The Morgan fingerprint density at radius 1 is 0.774 bits per heavy atom. The first-order valence-electron chi connectivity index (χ1n) is 9.97. The SMILES string of the molecule is CN(C)c1ccc2c(c1)Oc1cc(N(C)C)ccc1C21OC(=O)c2c1ccc(N)c2N. The molecule has 0 radical (unpaired) electrons. The molecule has 0 bridgehead atoms. The van der Waals surface area contributed by atoms with Crippen molar-refractivity contribution in [2.75, 3.05) is 49.5 Å². The van der Waals surface area contributed by atoms with Gasteiger partial charge in [-0.2, -0.15) is 0 Å². The van der Waals surface area contributed by atoms with Crippen LogP contribution in [0.5, 0.6) is 11.5 Å². The molecule has 0 atom stereocenters. The largest absolute Gasteiger partial charge is 0.456 e. The summed E-state index contributed by atoms with van der Waals surface area (Å²) in [6, 6.07) is 15.3. The number of hydrogen-bond acceptors (Lipinski definition) is 7. The van der Waals surface area contributed by atoms with Crippen molar-refractivity contribution in [3.63, 3.8) is 0 Å². The molecule has 7 heteroatoms. The third-order valence-electron chi connectivity index (χ3n) is 6.05. The summed E-state index contributed by atoms with van der Waals surface area (Å²) in [7, 11) is 7.86. The summed E-state index contributed by atoms with van der Waals surface area (Å²) in [5, 5.41) is 0. The van der Waals surface area contributed by atoms with Gasteiger partial charge in [0.2, 0.25) is 0 Å². The van der Waals surface area contributed by atoms with Crippen LogP contribution in [0.2, 0.25) is 0 Å². The molecule has 3 aromatic carbocycles. The Morgan fingerprint density at radius 2 is 1.29 bits per heavy atom. The molecule has 1 spiro atoms. The number of nitrogens with two attached hydrogens (primary N) is 2. The minimum Gasteiger partial charge on any atom is -0.456 e. The van der Waals surface area contributed by atoms with E-state index in [2.05, 4.69) is 0 Å². The van der Waals surface area contributed by atoms with Crippen molar-refractivity contribution in [1.29, 1.82) is 0 Å². The van der Waals surface area contributed by atoms with Gasteiger partial charge < -0.3 is 30.7 Å². The summed E-state index contributed by atoms with van der Waals surface area (Å²) < 4.78 is 12.5. The summed E-state index contributed by atoms with van der Waals surface area (Å²) in [6.07, 6.45) is 0. The maximum atomic E-state index is 13.1. The molecule has 2 aliphatic rings. The quantitative estimate of drug-likeness (QED) is 0.487. The molecule has 7 nitrogen and oxygen atoms in total. The predicted molar refractivity (Wildman–Crippen MR) is 122 cm³/mol. The van der Waals surface area contributed by atoms with Crippen LogP contribution in [-0.2, 0) is 10.3 Å². The highest BCUT2D eigenvalue weighted by atomic mass is 16.6. The number of nitrogens with zero attached hydrogens (tertiary/aromatic N) is 2. The Kier molecular flexibility index (Phi) is 3.89. The average Bonchev–Trinajstić information content (AvgIpc) is 3.03. The zero-order valence-corrected chi connectivity index (χ0v) is 17.9. The molecule has 0 unspecified atom stereocenters. The highest BCUT2D eigenvalue weighted by molar-refractivity contribution is 6.04. The second-order valence-corrected chi connectivity index (χ2v) is 8.31. The van der Waals surface area contributed by atoms with Gasteiger partial charge in [-0.25, -0.2) is 4.79 Å². The van der Waals surface area contributed by atoms with Gasteiger partial charge in [-0.15, -0.1) is 0 Å². The molecule has 0 fully saturated rings. The third kappa shape index (κ3) is 2.49. The number of ether oxygens (including phenoxy) is 2. The fraction of sp³-hybridized carbons (Fsp3) is 0.208. The highest BCUT2D eigenvalue weighted by Gasteiger charge is 2.54. The van der Waals surface area contributed by atoms with E-state index in [4.69, 9.17) is 20.9 Å². The Morgan fingerprint density at radius 3 is 1.81 bits per heavy atom. The standard InChI is InChI=1S/C24H24N4O3/c1-27(2)13-5-7-15-19(11-13)30-20-12-14(28(3)4)6-8-16(20)24(15)17-9-10-18(25)22(26)21(17)23(29)31-24/h5-12H,25-26H2,1-4H3. The first-order chi connectivity index (χ1) is 14.7. The topological polar surface area (TPSA) is 94.0 Å². The van der Waals surface area contributed by atoms with Crippen LogP contribution < -0.4 is 26.0 Å². The molecule has 2 heterocycles. The summed E-state index contributed by atoms with van der Waals surface area (Å²) in [6.45, 7) is 0. The van der Waals surface area contributed by atoms with Crippen LogP contribution in [0, 0.1) is 0 Å². The van der Waals surface area contributed by atoms with Crippen LogP contribution in [0.15, 0.2) is 48.5 Å². The van der Waals surface area contributed by atoms with Crippen molar-refractivity contribution >= 4 is 28.7 Å². The molecule has 0 saturated heterocycles. The lowest BCUT2D eigenvalue weighted by molar-refractivity contribution is 0.0225. The smallest absolute Gasteiger partial charge is 0.342 e. The van der Waals surface area contributed by atoms with E-state index in [9.17, 15) is 4.79 Å². The lowest BCUT2D eigenvalue weighted by Gasteiger charge is -2.37. The molecule has 158 valence electrons. The Hall–Kier alpha value is -3.87. The molecule has 4 N–H and O–H groups in total. The number of hydrogen-bond donors (Lipinski definition) is 2. The Bertz CT molecular complexity index is 1190.